The number of rotatable bonds is 4. The summed E-state index contributed by atoms with van der Waals surface area (Å²) in [6, 6.07) is 0. The van der Waals surface area contributed by atoms with Gasteiger partial charge in [0.2, 0.25) is 0 Å². The SMILES string of the molecule is CC(C)C(C)C#CC1C(C)CCC(C)C(C2CCCCC2)C1C(C)C(C)C. The van der Waals surface area contributed by atoms with Gasteiger partial charge in [0.15, 0.2) is 0 Å². The van der Waals surface area contributed by atoms with Crippen molar-refractivity contribution in [2.45, 2.75) is 100 Å². The summed E-state index contributed by atoms with van der Waals surface area (Å²) in [6.45, 7) is 19.5. The molecule has 27 heavy (non-hydrogen) atoms. The lowest BCUT2D eigenvalue weighted by atomic mass is 9.60. The lowest BCUT2D eigenvalue weighted by Gasteiger charge is -2.44. The van der Waals surface area contributed by atoms with Crippen LogP contribution in [0.15, 0.2) is 0 Å². The average Bonchev–Trinajstić information content (AvgIpc) is 2.76. The molecule has 0 aromatic heterocycles. The largest absolute Gasteiger partial charge is 0.0996 e. The molecular weight excluding hydrogens is 324 g/mol. The van der Waals surface area contributed by atoms with E-state index in [-0.39, 0.29) is 0 Å². The second-order valence-electron chi connectivity index (χ2n) is 11.0. The van der Waals surface area contributed by atoms with E-state index in [4.69, 9.17) is 0 Å². The van der Waals surface area contributed by atoms with E-state index in [1.807, 2.05) is 0 Å². The molecule has 0 amide bonds. The average molecular weight is 373 g/mol. The van der Waals surface area contributed by atoms with E-state index in [2.05, 4.69) is 67.2 Å². The van der Waals surface area contributed by atoms with Crippen molar-refractivity contribution in [2.75, 3.05) is 0 Å². The van der Waals surface area contributed by atoms with Crippen molar-refractivity contribution >= 4 is 0 Å². The Hall–Kier alpha value is -0.440. The molecule has 2 aliphatic rings. The molecule has 0 nitrogen and oxygen atoms in total. The highest BCUT2D eigenvalue weighted by Crippen LogP contribution is 2.50. The molecule has 7 atom stereocenters. The van der Waals surface area contributed by atoms with Crippen molar-refractivity contribution in [3.05, 3.63) is 0 Å². The van der Waals surface area contributed by atoms with Crippen LogP contribution in [0.5, 0.6) is 0 Å². The molecule has 0 bridgehead atoms. The van der Waals surface area contributed by atoms with Crippen molar-refractivity contribution in [3.63, 3.8) is 0 Å². The van der Waals surface area contributed by atoms with Crippen LogP contribution < -0.4 is 0 Å². The third-order valence-electron chi connectivity index (χ3n) is 8.54. The predicted octanol–water partition coefficient (Wildman–Crippen LogP) is 8.07. The van der Waals surface area contributed by atoms with Crippen LogP contribution in [-0.2, 0) is 0 Å². The van der Waals surface area contributed by atoms with Crippen LogP contribution in [0.2, 0.25) is 0 Å². The molecule has 2 aliphatic carbocycles. The molecule has 7 unspecified atom stereocenters. The Bertz CT molecular complexity index is 484. The van der Waals surface area contributed by atoms with E-state index < -0.39 is 0 Å². The third kappa shape index (κ3) is 5.78. The van der Waals surface area contributed by atoms with Crippen molar-refractivity contribution in [1.29, 1.82) is 0 Å². The number of hydrogen-bond acceptors (Lipinski definition) is 0. The fourth-order valence-electron chi connectivity index (χ4n) is 5.95. The minimum Gasteiger partial charge on any atom is -0.0996 e. The second-order valence-corrected chi connectivity index (χ2v) is 11.0. The van der Waals surface area contributed by atoms with Gasteiger partial charge in [-0.15, -0.1) is 0 Å². The van der Waals surface area contributed by atoms with Crippen LogP contribution in [0.1, 0.15) is 100 Å². The van der Waals surface area contributed by atoms with Gasteiger partial charge in [-0.1, -0.05) is 106 Å². The lowest BCUT2D eigenvalue weighted by molar-refractivity contribution is 0.0486. The molecule has 0 radical (unpaired) electrons. The predicted molar refractivity (Wildman–Crippen MR) is 120 cm³/mol. The van der Waals surface area contributed by atoms with Crippen molar-refractivity contribution in [1.82, 2.24) is 0 Å². The molecule has 0 heterocycles. The van der Waals surface area contributed by atoms with E-state index in [0.29, 0.717) is 17.8 Å². The topological polar surface area (TPSA) is 0 Å². The van der Waals surface area contributed by atoms with Crippen LogP contribution in [-0.4, -0.2) is 0 Å². The molecular formula is C27H48. The zero-order valence-corrected chi connectivity index (χ0v) is 19.7. The van der Waals surface area contributed by atoms with E-state index in [1.165, 1.54) is 44.9 Å². The molecule has 0 saturated heterocycles. The first-order valence-electron chi connectivity index (χ1n) is 12.2. The van der Waals surface area contributed by atoms with Crippen LogP contribution in [0.25, 0.3) is 0 Å². The Morgan fingerprint density at radius 2 is 1.30 bits per heavy atom. The van der Waals surface area contributed by atoms with Crippen molar-refractivity contribution in [3.8, 4) is 11.8 Å². The highest BCUT2D eigenvalue weighted by atomic mass is 14.5. The van der Waals surface area contributed by atoms with E-state index in [0.717, 1.165) is 41.4 Å². The van der Waals surface area contributed by atoms with Crippen LogP contribution >= 0.6 is 0 Å². The minimum atomic E-state index is 0.515. The van der Waals surface area contributed by atoms with E-state index >= 15 is 0 Å². The Morgan fingerprint density at radius 1 is 0.704 bits per heavy atom. The zero-order chi connectivity index (χ0) is 20.1. The zero-order valence-electron chi connectivity index (χ0n) is 19.7. The van der Waals surface area contributed by atoms with Gasteiger partial charge in [-0.25, -0.2) is 0 Å². The molecule has 0 heteroatoms. The molecule has 2 saturated carbocycles. The first kappa shape index (κ1) is 22.8. The van der Waals surface area contributed by atoms with Crippen LogP contribution in [0.3, 0.4) is 0 Å². The molecule has 2 rings (SSSR count). The summed E-state index contributed by atoms with van der Waals surface area (Å²) in [7, 11) is 0. The molecule has 0 aromatic rings. The van der Waals surface area contributed by atoms with E-state index in [1.54, 1.807) is 0 Å². The van der Waals surface area contributed by atoms with E-state index in [9.17, 15) is 0 Å². The molecule has 0 aliphatic heterocycles. The molecule has 2 fully saturated rings. The van der Waals surface area contributed by atoms with Gasteiger partial charge in [0, 0.05) is 11.8 Å². The lowest BCUT2D eigenvalue weighted by Crippen LogP contribution is -2.39. The maximum Gasteiger partial charge on any atom is 0.0262 e. The first-order chi connectivity index (χ1) is 12.7. The number of hydrogen-bond donors (Lipinski definition) is 0. The van der Waals surface area contributed by atoms with Gasteiger partial charge in [-0.05, 0) is 53.8 Å². The van der Waals surface area contributed by atoms with Gasteiger partial charge in [0.25, 0.3) is 0 Å². The quantitative estimate of drug-likeness (QED) is 0.345. The Balaban J connectivity index is 2.42. The van der Waals surface area contributed by atoms with Gasteiger partial charge in [0.05, 0.1) is 0 Å². The summed E-state index contributed by atoms with van der Waals surface area (Å²) >= 11 is 0. The second kappa shape index (κ2) is 10.4. The summed E-state index contributed by atoms with van der Waals surface area (Å²) < 4.78 is 0. The van der Waals surface area contributed by atoms with Gasteiger partial charge < -0.3 is 0 Å². The highest BCUT2D eigenvalue weighted by molar-refractivity contribution is 5.12. The minimum absolute atomic E-state index is 0.515. The normalized spacial score (nSPS) is 35.4. The van der Waals surface area contributed by atoms with Gasteiger partial charge in [0.1, 0.15) is 0 Å². The van der Waals surface area contributed by atoms with Crippen LogP contribution in [0, 0.1) is 71.0 Å². The van der Waals surface area contributed by atoms with Gasteiger partial charge >= 0.3 is 0 Å². The van der Waals surface area contributed by atoms with Crippen molar-refractivity contribution < 1.29 is 0 Å². The van der Waals surface area contributed by atoms with Gasteiger partial charge in [-0.2, -0.15) is 0 Å². The third-order valence-corrected chi connectivity index (χ3v) is 8.54. The maximum absolute atomic E-state index is 3.92. The summed E-state index contributed by atoms with van der Waals surface area (Å²) in [6.07, 6.45) is 10.1. The Kier molecular flexibility index (Phi) is 8.77. The fraction of sp³-hybridized carbons (Fsp3) is 0.926. The fourth-order valence-corrected chi connectivity index (χ4v) is 5.95. The maximum atomic E-state index is 3.92. The Labute approximate surface area is 171 Å². The first-order valence-corrected chi connectivity index (χ1v) is 12.2. The molecule has 0 N–H and O–H groups in total. The Morgan fingerprint density at radius 3 is 1.85 bits per heavy atom. The molecule has 156 valence electrons. The highest BCUT2D eigenvalue weighted by Gasteiger charge is 2.44. The monoisotopic (exact) mass is 372 g/mol. The molecule has 0 spiro atoms. The van der Waals surface area contributed by atoms with Crippen LogP contribution in [0.4, 0.5) is 0 Å². The van der Waals surface area contributed by atoms with Crippen molar-refractivity contribution in [2.24, 2.45) is 59.2 Å². The summed E-state index contributed by atoms with van der Waals surface area (Å²) in [4.78, 5) is 0. The standard InChI is InChI=1S/C27H48/c1-18(2)20(5)16-17-25-21(6)14-15-22(7)26(24-12-10-9-11-13-24)27(25)23(8)19(3)4/h18-27H,9-15H2,1-8H3. The summed E-state index contributed by atoms with van der Waals surface area (Å²) in [5.74, 6) is 15.2. The molecule has 0 aromatic carbocycles. The summed E-state index contributed by atoms with van der Waals surface area (Å²) in [5.41, 5.74) is 0. The smallest absolute Gasteiger partial charge is 0.0262 e. The summed E-state index contributed by atoms with van der Waals surface area (Å²) in [5, 5.41) is 0. The van der Waals surface area contributed by atoms with Gasteiger partial charge in [-0.3, -0.25) is 0 Å².